The Morgan fingerprint density at radius 3 is 2.36 bits per heavy atom. The van der Waals surface area contributed by atoms with Gasteiger partial charge < -0.3 is 5.32 Å². The second kappa shape index (κ2) is 13.6. The summed E-state index contributed by atoms with van der Waals surface area (Å²) in [7, 11) is 0. The monoisotopic (exact) mass is 473 g/mol. The lowest BCUT2D eigenvalue weighted by molar-refractivity contribution is -0.120. The molecule has 1 aromatic carbocycles. The number of nitrogens with zero attached hydrogens (tertiary/aromatic N) is 3. The molecule has 2 aromatic rings. The number of rotatable bonds is 4. The number of hydrogen-bond acceptors (Lipinski definition) is 5. The van der Waals surface area contributed by atoms with Gasteiger partial charge in [0, 0.05) is 0 Å². The largest absolute Gasteiger partial charge is 0.322 e. The van der Waals surface area contributed by atoms with E-state index in [0.717, 1.165) is 25.9 Å². The van der Waals surface area contributed by atoms with E-state index in [1.54, 1.807) is 24.3 Å². The maximum Gasteiger partial charge on any atom is 0.322 e. The number of nitrogens with one attached hydrogen (secondary N) is 2. The number of amides is 3. The zero-order valence-electron chi connectivity index (χ0n) is 14.8. The number of aromatic nitrogens is 2. The Kier molecular flexibility index (Phi) is 13.9. The number of likely N-dealkylation sites (tertiary alicyclic amines) is 1. The van der Waals surface area contributed by atoms with Crippen molar-refractivity contribution in [3.05, 3.63) is 40.9 Å². The van der Waals surface area contributed by atoms with E-state index in [4.69, 9.17) is 0 Å². The number of hydrogen-bond donors (Lipinski definition) is 2. The second-order valence-electron chi connectivity index (χ2n) is 5.73. The molecule has 28 heavy (non-hydrogen) atoms. The van der Waals surface area contributed by atoms with Gasteiger partial charge in [0.25, 0.3) is 5.56 Å². The molecule has 1 aromatic heterocycles. The molecule has 12 heteroatoms. The molecular weight excluding hydrogens is 452 g/mol. The van der Waals surface area contributed by atoms with Crippen LogP contribution >= 0.6 is 49.6 Å². The van der Waals surface area contributed by atoms with Gasteiger partial charge in [-0.15, -0.1) is 49.6 Å². The van der Waals surface area contributed by atoms with Crippen LogP contribution in [0.15, 0.2) is 35.4 Å². The van der Waals surface area contributed by atoms with Crippen molar-refractivity contribution in [2.75, 3.05) is 19.6 Å². The number of halogens is 4. The third kappa shape index (κ3) is 7.44. The number of fused-ring (bicyclic) bond motifs is 1. The Labute approximate surface area is 187 Å². The molecular formula is C16H23Cl4N5O3. The van der Waals surface area contributed by atoms with E-state index in [0.29, 0.717) is 10.9 Å². The van der Waals surface area contributed by atoms with Crippen molar-refractivity contribution in [3.8, 4) is 0 Å². The topological polar surface area (TPSA) is 96.3 Å². The first kappa shape index (κ1) is 28.6. The SMILES string of the molecule is Cl.Cl.Cl.Cl.O=C(CN1CCCC1)NC(=O)NCn1cnc2ccccc2c1=O. The van der Waals surface area contributed by atoms with Crippen molar-refractivity contribution in [1.29, 1.82) is 0 Å². The van der Waals surface area contributed by atoms with Crippen LogP contribution < -0.4 is 16.2 Å². The fraction of sp³-hybridized carbons (Fsp3) is 0.375. The fourth-order valence-corrected chi connectivity index (χ4v) is 2.73. The number of urea groups is 1. The van der Waals surface area contributed by atoms with Crippen molar-refractivity contribution < 1.29 is 9.59 Å². The molecule has 1 fully saturated rings. The molecule has 1 aliphatic rings. The summed E-state index contributed by atoms with van der Waals surface area (Å²) in [5.74, 6) is -0.349. The van der Waals surface area contributed by atoms with Gasteiger partial charge in [-0.05, 0) is 38.1 Å². The van der Waals surface area contributed by atoms with Gasteiger partial charge >= 0.3 is 6.03 Å². The van der Waals surface area contributed by atoms with Gasteiger partial charge in [0.2, 0.25) is 5.91 Å². The van der Waals surface area contributed by atoms with Gasteiger partial charge in [-0.1, -0.05) is 12.1 Å². The molecule has 3 amide bonds. The predicted octanol–water partition coefficient (Wildman–Crippen LogP) is 1.96. The number of carbonyl (C=O) groups is 2. The molecule has 1 saturated heterocycles. The Bertz CT molecular complexity index is 827. The van der Waals surface area contributed by atoms with E-state index in [1.165, 1.54) is 10.9 Å². The lowest BCUT2D eigenvalue weighted by atomic mass is 10.2. The number of carbonyl (C=O) groups excluding carboxylic acids is 2. The van der Waals surface area contributed by atoms with E-state index in [9.17, 15) is 14.4 Å². The standard InChI is InChI=1S/C16H19N5O3.4ClH/c22-14(9-20-7-3-4-8-20)19-16(24)18-11-21-10-17-13-6-2-1-5-12(13)15(21)23;;;;/h1-2,5-6,10H,3-4,7-9,11H2,(H2,18,19,22,24);4*1H. The summed E-state index contributed by atoms with van der Waals surface area (Å²) < 4.78 is 1.28. The highest BCUT2D eigenvalue weighted by atomic mass is 35.5. The molecule has 3 rings (SSSR count). The molecule has 0 spiro atoms. The van der Waals surface area contributed by atoms with Gasteiger partial charge in [-0.2, -0.15) is 0 Å². The average molecular weight is 475 g/mol. The summed E-state index contributed by atoms with van der Waals surface area (Å²) in [6.07, 6.45) is 3.53. The Morgan fingerprint density at radius 2 is 1.68 bits per heavy atom. The van der Waals surface area contributed by atoms with Crippen LogP contribution in [0.2, 0.25) is 0 Å². The van der Waals surface area contributed by atoms with Gasteiger partial charge in [-0.25, -0.2) is 9.78 Å². The summed E-state index contributed by atoms with van der Waals surface area (Å²) in [6.45, 7) is 1.92. The first-order valence-electron chi connectivity index (χ1n) is 7.88. The van der Waals surface area contributed by atoms with Crippen LogP contribution in [0.3, 0.4) is 0 Å². The zero-order chi connectivity index (χ0) is 16.9. The summed E-state index contributed by atoms with van der Waals surface area (Å²) in [4.78, 5) is 42.0. The van der Waals surface area contributed by atoms with Crippen molar-refractivity contribution in [1.82, 2.24) is 25.1 Å². The predicted molar refractivity (Wildman–Crippen MR) is 117 cm³/mol. The lowest BCUT2D eigenvalue weighted by Crippen LogP contribution is -2.45. The van der Waals surface area contributed by atoms with Crippen molar-refractivity contribution in [2.45, 2.75) is 19.5 Å². The van der Waals surface area contributed by atoms with E-state index in [-0.39, 0.29) is 74.3 Å². The number of imide groups is 1. The maximum atomic E-state index is 12.3. The van der Waals surface area contributed by atoms with Crippen molar-refractivity contribution >= 4 is 72.5 Å². The van der Waals surface area contributed by atoms with Gasteiger partial charge in [0.1, 0.15) is 6.67 Å². The van der Waals surface area contributed by atoms with Crippen LogP contribution in [0, 0.1) is 0 Å². The lowest BCUT2D eigenvalue weighted by Gasteiger charge is -2.14. The maximum absolute atomic E-state index is 12.3. The normalized spacial score (nSPS) is 12.6. The molecule has 0 atom stereocenters. The molecule has 0 aliphatic carbocycles. The molecule has 0 saturated carbocycles. The highest BCUT2D eigenvalue weighted by molar-refractivity contribution is 5.95. The van der Waals surface area contributed by atoms with Crippen LogP contribution in [0.1, 0.15) is 12.8 Å². The van der Waals surface area contributed by atoms with Crippen LogP contribution in [-0.2, 0) is 11.5 Å². The summed E-state index contributed by atoms with van der Waals surface area (Å²) in [6, 6.07) is 6.36. The second-order valence-corrected chi connectivity index (χ2v) is 5.73. The van der Waals surface area contributed by atoms with E-state index in [1.807, 2.05) is 4.90 Å². The smallest absolute Gasteiger partial charge is 0.320 e. The summed E-state index contributed by atoms with van der Waals surface area (Å²) in [5.41, 5.74) is 0.355. The molecule has 0 unspecified atom stereocenters. The van der Waals surface area contributed by atoms with Crippen LogP contribution in [0.25, 0.3) is 10.9 Å². The van der Waals surface area contributed by atoms with Gasteiger partial charge in [0.05, 0.1) is 23.8 Å². The highest BCUT2D eigenvalue weighted by Gasteiger charge is 2.16. The molecule has 2 heterocycles. The third-order valence-corrected chi connectivity index (χ3v) is 3.96. The van der Waals surface area contributed by atoms with Gasteiger partial charge in [0.15, 0.2) is 0 Å². The van der Waals surface area contributed by atoms with Gasteiger partial charge in [-0.3, -0.25) is 24.4 Å². The fourth-order valence-electron chi connectivity index (χ4n) is 2.73. The van der Waals surface area contributed by atoms with E-state index >= 15 is 0 Å². The van der Waals surface area contributed by atoms with E-state index < -0.39 is 6.03 Å². The minimum Gasteiger partial charge on any atom is -0.320 e. The Morgan fingerprint density at radius 1 is 1.04 bits per heavy atom. The van der Waals surface area contributed by atoms with Crippen LogP contribution in [0.4, 0.5) is 4.79 Å². The zero-order valence-corrected chi connectivity index (χ0v) is 18.1. The third-order valence-electron chi connectivity index (χ3n) is 3.96. The molecule has 2 N–H and O–H groups in total. The molecule has 8 nitrogen and oxygen atoms in total. The average Bonchev–Trinajstić information content (AvgIpc) is 3.07. The minimum atomic E-state index is -0.626. The molecule has 0 radical (unpaired) electrons. The first-order valence-corrected chi connectivity index (χ1v) is 7.88. The Hall–Kier alpha value is -1.58. The molecule has 1 aliphatic heterocycles. The quantitative estimate of drug-likeness (QED) is 0.705. The Balaban J connectivity index is 0. The van der Waals surface area contributed by atoms with Crippen LogP contribution in [-0.4, -0.2) is 46.0 Å². The number of benzene rings is 1. The number of para-hydroxylation sites is 1. The molecule has 158 valence electrons. The minimum absolute atomic E-state index is 0. The van der Waals surface area contributed by atoms with Crippen molar-refractivity contribution in [2.24, 2.45) is 0 Å². The molecule has 0 bridgehead atoms. The van der Waals surface area contributed by atoms with Crippen LogP contribution in [0.5, 0.6) is 0 Å². The first-order chi connectivity index (χ1) is 11.6. The van der Waals surface area contributed by atoms with Crippen molar-refractivity contribution in [3.63, 3.8) is 0 Å². The van der Waals surface area contributed by atoms with E-state index in [2.05, 4.69) is 15.6 Å². The summed E-state index contributed by atoms with van der Waals surface area (Å²) >= 11 is 0. The highest BCUT2D eigenvalue weighted by Crippen LogP contribution is 2.06. The summed E-state index contributed by atoms with van der Waals surface area (Å²) in [5, 5.41) is 5.24.